The van der Waals surface area contributed by atoms with Gasteiger partial charge in [-0.15, -0.1) is 6.58 Å². The predicted octanol–water partition coefficient (Wildman–Crippen LogP) is -2.17. The molecule has 9 nitrogen and oxygen atoms in total. The van der Waals surface area contributed by atoms with Crippen LogP contribution in [0.3, 0.4) is 0 Å². The third kappa shape index (κ3) is 2.29. The number of Topliss-reactive ketones (excluding diaryl/α,β-unsaturated/α-hetero) is 1. The second-order valence-electron chi connectivity index (χ2n) is 4.51. The Hall–Kier alpha value is -1.94. The van der Waals surface area contributed by atoms with Gasteiger partial charge >= 0.3 is 5.97 Å². The number of esters is 1. The van der Waals surface area contributed by atoms with Gasteiger partial charge in [-0.3, -0.25) is 4.79 Å². The molecule has 0 aliphatic carbocycles. The maximum atomic E-state index is 12.2. The van der Waals surface area contributed by atoms with Crippen LogP contribution in [0.15, 0.2) is 24.2 Å². The summed E-state index contributed by atoms with van der Waals surface area (Å²) >= 11 is 0. The quantitative estimate of drug-likeness (QED) is 0.227. The second kappa shape index (κ2) is 5.82. The van der Waals surface area contributed by atoms with Gasteiger partial charge in [0.25, 0.3) is 5.60 Å². The van der Waals surface area contributed by atoms with E-state index in [1.165, 1.54) is 0 Å². The Labute approximate surface area is 119 Å². The van der Waals surface area contributed by atoms with E-state index < -0.39 is 60.2 Å². The van der Waals surface area contributed by atoms with Crippen molar-refractivity contribution in [2.45, 2.75) is 23.7 Å². The number of aliphatic hydroxyl groups excluding tert-OH is 5. The molecular weight excluding hydrogens is 288 g/mol. The van der Waals surface area contributed by atoms with Gasteiger partial charge in [0.2, 0.25) is 11.5 Å². The molecule has 118 valence electrons. The zero-order chi connectivity index (χ0) is 16.4. The van der Waals surface area contributed by atoms with Gasteiger partial charge in [0, 0.05) is 6.42 Å². The largest absolute Gasteiger partial charge is 0.504 e. The molecule has 6 N–H and O–H groups in total. The van der Waals surface area contributed by atoms with Gasteiger partial charge in [-0.2, -0.15) is 0 Å². The standard InChI is InChI=1S/C12H16O9/c1-2-3-11(20,5-14)12(8(17)6(15)4-13)9(18)7(16)10(19)21-12/h2,6,13-16,18,20H,1,3-5H2/t6?,11-,12-/m0/s1. The number of rotatable bonds is 7. The first-order chi connectivity index (χ1) is 9.71. The molecule has 0 spiro atoms. The second-order valence-corrected chi connectivity index (χ2v) is 4.51. The molecule has 0 bridgehead atoms. The van der Waals surface area contributed by atoms with Crippen LogP contribution in [0.1, 0.15) is 6.42 Å². The minimum atomic E-state index is -2.95. The molecule has 9 heteroatoms. The molecular formula is C12H16O9. The molecule has 3 atom stereocenters. The van der Waals surface area contributed by atoms with Crippen molar-refractivity contribution in [2.75, 3.05) is 13.2 Å². The van der Waals surface area contributed by atoms with Crippen LogP contribution in [-0.4, -0.2) is 72.9 Å². The summed E-state index contributed by atoms with van der Waals surface area (Å²) in [5.41, 5.74) is -5.54. The Bertz CT molecular complexity index is 497. The Morgan fingerprint density at radius 1 is 1.43 bits per heavy atom. The summed E-state index contributed by atoms with van der Waals surface area (Å²) in [6.07, 6.45) is -1.60. The lowest BCUT2D eigenvalue weighted by Gasteiger charge is -2.40. The molecule has 0 saturated heterocycles. The lowest BCUT2D eigenvalue weighted by molar-refractivity contribution is -0.200. The minimum absolute atomic E-state index is 0.530. The van der Waals surface area contributed by atoms with Gasteiger partial charge in [-0.25, -0.2) is 4.79 Å². The molecule has 1 aliphatic rings. The first-order valence-electron chi connectivity index (χ1n) is 5.85. The summed E-state index contributed by atoms with van der Waals surface area (Å²) in [7, 11) is 0. The normalized spacial score (nSPS) is 26.2. The molecule has 0 saturated carbocycles. The van der Waals surface area contributed by atoms with Crippen molar-refractivity contribution in [1.82, 2.24) is 0 Å². The maximum Gasteiger partial charge on any atom is 0.378 e. The number of cyclic esters (lactones) is 1. The number of aliphatic hydroxyl groups is 6. The van der Waals surface area contributed by atoms with E-state index >= 15 is 0 Å². The molecule has 1 unspecified atom stereocenters. The van der Waals surface area contributed by atoms with Crippen molar-refractivity contribution in [3.63, 3.8) is 0 Å². The van der Waals surface area contributed by atoms with Crippen molar-refractivity contribution >= 4 is 11.8 Å². The SMILES string of the molecule is C=CC[C@](O)(CO)[C@@]1(C(=O)C(O)CO)OC(=O)C(O)=C1O. The zero-order valence-electron chi connectivity index (χ0n) is 10.9. The summed E-state index contributed by atoms with van der Waals surface area (Å²) in [5, 5.41) is 57.2. The summed E-state index contributed by atoms with van der Waals surface area (Å²) < 4.78 is 4.58. The van der Waals surface area contributed by atoms with Crippen molar-refractivity contribution < 1.29 is 45.0 Å². The van der Waals surface area contributed by atoms with Gasteiger partial charge < -0.3 is 35.4 Å². The molecule has 0 fully saturated rings. The van der Waals surface area contributed by atoms with Crippen LogP contribution in [0, 0.1) is 0 Å². The highest BCUT2D eigenvalue weighted by molar-refractivity contribution is 6.03. The van der Waals surface area contributed by atoms with Gasteiger partial charge in [0.05, 0.1) is 13.2 Å². The minimum Gasteiger partial charge on any atom is -0.504 e. The van der Waals surface area contributed by atoms with Crippen LogP contribution in [0.5, 0.6) is 0 Å². The van der Waals surface area contributed by atoms with E-state index in [9.17, 15) is 35.1 Å². The number of carbonyl (C=O) groups excluding carboxylic acids is 2. The lowest BCUT2D eigenvalue weighted by Crippen LogP contribution is -2.65. The fourth-order valence-corrected chi connectivity index (χ4v) is 2.09. The van der Waals surface area contributed by atoms with E-state index in [1.807, 2.05) is 0 Å². The van der Waals surface area contributed by atoms with Crippen LogP contribution in [0.25, 0.3) is 0 Å². The van der Waals surface area contributed by atoms with E-state index in [0.717, 1.165) is 6.08 Å². The highest BCUT2D eigenvalue weighted by atomic mass is 16.6. The number of carbonyl (C=O) groups is 2. The van der Waals surface area contributed by atoms with E-state index in [2.05, 4.69) is 11.3 Å². The van der Waals surface area contributed by atoms with Gasteiger partial charge in [-0.05, 0) is 0 Å². The van der Waals surface area contributed by atoms with E-state index in [-0.39, 0.29) is 0 Å². The molecule has 21 heavy (non-hydrogen) atoms. The lowest BCUT2D eigenvalue weighted by atomic mass is 9.75. The fourth-order valence-electron chi connectivity index (χ4n) is 2.09. The van der Waals surface area contributed by atoms with Gasteiger partial charge in [-0.1, -0.05) is 6.08 Å². The van der Waals surface area contributed by atoms with Crippen molar-refractivity contribution in [3.8, 4) is 0 Å². The molecule has 0 radical (unpaired) electrons. The van der Waals surface area contributed by atoms with Crippen LogP contribution >= 0.6 is 0 Å². The third-order valence-electron chi connectivity index (χ3n) is 3.22. The Morgan fingerprint density at radius 3 is 2.33 bits per heavy atom. The van der Waals surface area contributed by atoms with Crippen molar-refractivity contribution in [2.24, 2.45) is 0 Å². The highest BCUT2D eigenvalue weighted by Gasteiger charge is 2.67. The molecule has 1 rings (SSSR count). The van der Waals surface area contributed by atoms with E-state index in [1.54, 1.807) is 0 Å². The number of hydrogen-bond donors (Lipinski definition) is 6. The van der Waals surface area contributed by atoms with E-state index in [0.29, 0.717) is 0 Å². The third-order valence-corrected chi connectivity index (χ3v) is 3.22. The fraction of sp³-hybridized carbons (Fsp3) is 0.500. The summed E-state index contributed by atoms with van der Waals surface area (Å²) in [6.45, 7) is 1.02. The molecule has 0 amide bonds. The molecule has 0 aromatic carbocycles. The van der Waals surface area contributed by atoms with Crippen molar-refractivity contribution in [1.29, 1.82) is 0 Å². The summed E-state index contributed by atoms with van der Waals surface area (Å²) in [5.74, 6) is -5.73. The molecule has 0 aromatic heterocycles. The maximum absolute atomic E-state index is 12.2. The summed E-state index contributed by atoms with van der Waals surface area (Å²) in [6, 6.07) is 0. The van der Waals surface area contributed by atoms with E-state index in [4.69, 9.17) is 5.11 Å². The first kappa shape index (κ1) is 17.1. The molecule has 1 aliphatic heterocycles. The first-order valence-corrected chi connectivity index (χ1v) is 5.85. The molecule has 0 aromatic rings. The molecule has 1 heterocycles. The highest BCUT2D eigenvalue weighted by Crippen LogP contribution is 2.42. The average molecular weight is 304 g/mol. The average Bonchev–Trinajstić information content (AvgIpc) is 2.71. The zero-order valence-corrected chi connectivity index (χ0v) is 10.9. The Morgan fingerprint density at radius 2 is 2.00 bits per heavy atom. The Kier molecular flexibility index (Phi) is 4.74. The number of hydrogen-bond acceptors (Lipinski definition) is 9. The van der Waals surface area contributed by atoms with Gasteiger partial charge in [0.15, 0.2) is 5.76 Å². The van der Waals surface area contributed by atoms with Crippen LogP contribution in [0.4, 0.5) is 0 Å². The van der Waals surface area contributed by atoms with Crippen LogP contribution < -0.4 is 0 Å². The number of ketones is 1. The summed E-state index contributed by atoms with van der Waals surface area (Å²) in [4.78, 5) is 23.6. The predicted molar refractivity (Wildman–Crippen MR) is 66.1 cm³/mol. The van der Waals surface area contributed by atoms with Crippen LogP contribution in [-0.2, 0) is 14.3 Å². The van der Waals surface area contributed by atoms with Gasteiger partial charge in [0.1, 0.15) is 11.7 Å². The topological polar surface area (TPSA) is 165 Å². The monoisotopic (exact) mass is 304 g/mol. The van der Waals surface area contributed by atoms with Crippen LogP contribution in [0.2, 0.25) is 0 Å². The number of ether oxygens (including phenoxy) is 1. The Balaban J connectivity index is 3.56. The smallest absolute Gasteiger partial charge is 0.378 e. The van der Waals surface area contributed by atoms with Crippen molar-refractivity contribution in [3.05, 3.63) is 24.2 Å².